The maximum Gasteiger partial charge on any atom is 0.320 e. The third-order valence-electron chi connectivity index (χ3n) is 9.68. The summed E-state index contributed by atoms with van der Waals surface area (Å²) in [7, 11) is 1.71. The first kappa shape index (κ1) is 35.2. The minimum absolute atomic E-state index is 0.0193. The Morgan fingerprint density at radius 1 is 1.00 bits per heavy atom. The number of carbonyl (C=O) groups excluding carboxylic acids is 2. The molecule has 1 aliphatic heterocycles. The molecule has 3 amide bonds. The first-order valence-electron chi connectivity index (χ1n) is 17.7. The number of carbonyl (C=O) groups is 2. The van der Waals surface area contributed by atoms with Crippen molar-refractivity contribution in [3.05, 3.63) is 77.1 Å². The molecule has 1 aromatic carbocycles. The number of rotatable bonds is 12. The van der Waals surface area contributed by atoms with Crippen LogP contribution in [0.2, 0.25) is 0 Å². The summed E-state index contributed by atoms with van der Waals surface area (Å²) in [5, 5.41) is 17.7. The van der Waals surface area contributed by atoms with Gasteiger partial charge in [0.1, 0.15) is 23.5 Å². The van der Waals surface area contributed by atoms with E-state index in [1.165, 1.54) is 0 Å². The van der Waals surface area contributed by atoms with Crippen LogP contribution in [-0.2, 0) is 10.2 Å². The van der Waals surface area contributed by atoms with Crippen LogP contribution in [-0.4, -0.2) is 80.8 Å². The fraction of sp³-hybridized carbons (Fsp3) is 0.514. The number of hydrogen-bond donors (Lipinski definition) is 3. The van der Waals surface area contributed by atoms with Crippen molar-refractivity contribution in [1.29, 1.82) is 0 Å². The lowest BCUT2D eigenvalue weighted by atomic mass is 9.85. The second-order valence-electron chi connectivity index (χ2n) is 14.2. The van der Waals surface area contributed by atoms with Crippen LogP contribution in [0, 0.1) is 0 Å². The summed E-state index contributed by atoms with van der Waals surface area (Å²) in [5.74, 6) is 1.91. The van der Waals surface area contributed by atoms with E-state index >= 15 is 0 Å². The Morgan fingerprint density at radius 3 is 2.48 bits per heavy atom. The fourth-order valence-electron chi connectivity index (χ4n) is 6.65. The Kier molecular flexibility index (Phi) is 10.6. The van der Waals surface area contributed by atoms with E-state index in [-0.39, 0.29) is 41.2 Å². The molecule has 4 heterocycles. The number of methoxy groups -OCH3 is 1. The molecule has 4 aromatic rings. The number of benzene rings is 1. The van der Waals surface area contributed by atoms with Gasteiger partial charge in [-0.15, -0.1) is 10.2 Å². The number of likely N-dealkylation sites (tertiary alicyclic amines) is 1. The normalized spacial score (nSPS) is 18.1. The van der Waals surface area contributed by atoms with Crippen molar-refractivity contribution in [2.75, 3.05) is 38.6 Å². The van der Waals surface area contributed by atoms with Crippen LogP contribution in [0.5, 0.6) is 5.75 Å². The molecule has 2 atom stereocenters. The molecule has 3 N–H and O–H groups in total. The van der Waals surface area contributed by atoms with Crippen molar-refractivity contribution in [1.82, 2.24) is 40.1 Å². The zero-order valence-electron chi connectivity index (χ0n) is 29.9. The number of nitrogens with one attached hydrogen (secondary N) is 3. The van der Waals surface area contributed by atoms with Gasteiger partial charge in [-0.05, 0) is 48.9 Å². The van der Waals surface area contributed by atoms with Crippen molar-refractivity contribution in [3.63, 3.8) is 0 Å². The van der Waals surface area contributed by atoms with Gasteiger partial charge in [-0.25, -0.2) is 14.8 Å². The molecule has 2 aliphatic rings. The highest BCUT2D eigenvalue weighted by molar-refractivity contribution is 5.92. The van der Waals surface area contributed by atoms with Crippen LogP contribution in [0.4, 0.5) is 10.6 Å². The number of fused-ring (bicyclic) bond motifs is 2. The molecule has 13 nitrogen and oxygen atoms in total. The van der Waals surface area contributed by atoms with Crippen molar-refractivity contribution < 1.29 is 19.1 Å². The minimum atomic E-state index is -0.411. The summed E-state index contributed by atoms with van der Waals surface area (Å²) in [6.07, 6.45) is 5.41. The highest BCUT2D eigenvalue weighted by atomic mass is 16.5. The standard InChI is InChI=1S/C37H49N9O4/c1-7-23(8-2)34-44-43-32-16-13-24(22-46(32)34)50-29-15-14-28(26-11-9-10-12-27(26)29)39-36(48)42-31-19-30(37(3,4)5)40-33(41-31)35(47)38-17-18-45-20-25(21-45)49-6/h9-13,16,19,22-23,25,28-29H,7-8,14-15,17-18,20-21H2,1-6H3,(H,38,47)(H2,39,40,41,42,48)/t28?,29-/m1/s1. The van der Waals surface area contributed by atoms with E-state index in [9.17, 15) is 9.59 Å². The summed E-state index contributed by atoms with van der Waals surface area (Å²) in [5.41, 5.74) is 3.11. The number of pyridine rings is 1. The molecule has 50 heavy (non-hydrogen) atoms. The van der Waals surface area contributed by atoms with Gasteiger partial charge in [-0.3, -0.25) is 19.4 Å². The van der Waals surface area contributed by atoms with E-state index in [2.05, 4.69) is 60.9 Å². The van der Waals surface area contributed by atoms with Crippen LogP contribution in [0.1, 0.15) is 112 Å². The van der Waals surface area contributed by atoms with Crippen molar-refractivity contribution in [3.8, 4) is 5.75 Å². The maximum atomic E-state index is 13.4. The molecule has 6 rings (SSSR count). The third-order valence-corrected chi connectivity index (χ3v) is 9.68. The quantitative estimate of drug-likeness (QED) is 0.175. The van der Waals surface area contributed by atoms with E-state index in [4.69, 9.17) is 9.47 Å². The molecular weight excluding hydrogens is 634 g/mol. The second-order valence-corrected chi connectivity index (χ2v) is 14.2. The van der Waals surface area contributed by atoms with Crippen molar-refractivity contribution >= 4 is 23.4 Å². The van der Waals surface area contributed by atoms with Gasteiger partial charge < -0.3 is 20.1 Å². The monoisotopic (exact) mass is 683 g/mol. The number of anilines is 1. The van der Waals surface area contributed by atoms with E-state index in [0.717, 1.165) is 54.3 Å². The minimum Gasteiger partial charge on any atom is -0.484 e. The summed E-state index contributed by atoms with van der Waals surface area (Å²) in [6, 6.07) is 13.0. The fourth-order valence-corrected chi connectivity index (χ4v) is 6.65. The first-order valence-corrected chi connectivity index (χ1v) is 17.7. The zero-order chi connectivity index (χ0) is 35.4. The average molecular weight is 684 g/mol. The number of aromatic nitrogens is 5. The van der Waals surface area contributed by atoms with Crippen LogP contribution in [0.15, 0.2) is 48.7 Å². The average Bonchev–Trinajstić information content (AvgIpc) is 3.50. The summed E-state index contributed by atoms with van der Waals surface area (Å²) in [6.45, 7) is 13.2. The molecular formula is C37H49N9O4. The molecule has 0 radical (unpaired) electrons. The molecule has 0 spiro atoms. The summed E-state index contributed by atoms with van der Waals surface area (Å²) < 4.78 is 13.9. The molecule has 0 saturated carbocycles. The maximum absolute atomic E-state index is 13.4. The highest BCUT2D eigenvalue weighted by Crippen LogP contribution is 2.39. The number of urea groups is 1. The molecule has 0 bridgehead atoms. The Balaban J connectivity index is 1.12. The summed E-state index contributed by atoms with van der Waals surface area (Å²) in [4.78, 5) is 37.7. The molecule has 1 aliphatic carbocycles. The molecule has 1 fully saturated rings. The van der Waals surface area contributed by atoms with E-state index in [1.807, 2.05) is 61.7 Å². The second kappa shape index (κ2) is 15.1. The Morgan fingerprint density at radius 2 is 1.76 bits per heavy atom. The lowest BCUT2D eigenvalue weighted by Crippen LogP contribution is -2.53. The SMILES string of the molecule is CCC(CC)c1nnc2ccc(O[C@@H]3CCC(NC(=O)Nc4cc(C(C)(C)C)nc(C(=O)NCCN5CC(OC)C5)n4)c4ccccc43)cn12. The Labute approximate surface area is 293 Å². The summed E-state index contributed by atoms with van der Waals surface area (Å²) >= 11 is 0. The lowest BCUT2D eigenvalue weighted by molar-refractivity contribution is -0.0281. The first-order chi connectivity index (χ1) is 24.1. The van der Waals surface area contributed by atoms with Gasteiger partial charge in [-0.1, -0.05) is 58.9 Å². The Bertz CT molecular complexity index is 1810. The molecule has 13 heteroatoms. The van der Waals surface area contributed by atoms with Crippen LogP contribution >= 0.6 is 0 Å². The molecule has 266 valence electrons. The van der Waals surface area contributed by atoms with E-state index in [1.54, 1.807) is 13.2 Å². The molecule has 1 unspecified atom stereocenters. The topological polar surface area (TPSA) is 148 Å². The van der Waals surface area contributed by atoms with Gasteiger partial charge in [0.2, 0.25) is 5.82 Å². The van der Waals surface area contributed by atoms with Gasteiger partial charge >= 0.3 is 6.03 Å². The van der Waals surface area contributed by atoms with E-state index < -0.39 is 6.03 Å². The van der Waals surface area contributed by atoms with Gasteiger partial charge in [0.25, 0.3) is 5.91 Å². The van der Waals surface area contributed by atoms with Crippen LogP contribution in [0.3, 0.4) is 0 Å². The smallest absolute Gasteiger partial charge is 0.320 e. The number of nitrogens with zero attached hydrogens (tertiary/aromatic N) is 6. The van der Waals surface area contributed by atoms with Crippen molar-refractivity contribution in [2.24, 2.45) is 0 Å². The zero-order valence-corrected chi connectivity index (χ0v) is 29.9. The van der Waals surface area contributed by atoms with Gasteiger partial charge in [-0.2, -0.15) is 0 Å². The van der Waals surface area contributed by atoms with Gasteiger partial charge in [0, 0.05) is 50.7 Å². The highest BCUT2D eigenvalue weighted by Gasteiger charge is 2.30. The molecule has 1 saturated heterocycles. The predicted octanol–water partition coefficient (Wildman–Crippen LogP) is 5.56. The van der Waals surface area contributed by atoms with Crippen LogP contribution in [0.25, 0.3) is 5.65 Å². The third kappa shape index (κ3) is 7.89. The van der Waals surface area contributed by atoms with Crippen molar-refractivity contribution in [2.45, 2.75) is 89.9 Å². The Hall–Kier alpha value is -4.62. The van der Waals surface area contributed by atoms with E-state index in [0.29, 0.717) is 37.5 Å². The van der Waals surface area contributed by atoms with Crippen LogP contribution < -0.4 is 20.7 Å². The number of amides is 3. The lowest BCUT2D eigenvalue weighted by Gasteiger charge is -2.38. The number of hydrogen-bond acceptors (Lipinski definition) is 9. The largest absolute Gasteiger partial charge is 0.484 e. The van der Waals surface area contributed by atoms with Gasteiger partial charge in [0.15, 0.2) is 5.65 Å². The predicted molar refractivity (Wildman–Crippen MR) is 191 cm³/mol. The van der Waals surface area contributed by atoms with Gasteiger partial charge in [0.05, 0.1) is 24.0 Å². The number of ether oxygens (including phenoxy) is 2. The molecule has 3 aromatic heterocycles.